The predicted octanol–water partition coefficient (Wildman–Crippen LogP) is 2.85. The molecule has 1 spiro atoms. The summed E-state index contributed by atoms with van der Waals surface area (Å²) >= 11 is 0. The minimum Gasteiger partial charge on any atom is -0.477 e. The van der Waals surface area contributed by atoms with E-state index in [0.29, 0.717) is 0 Å². The lowest BCUT2D eigenvalue weighted by Crippen LogP contribution is -2.47. The van der Waals surface area contributed by atoms with E-state index in [1.54, 1.807) is 6.07 Å². The second kappa shape index (κ2) is 5.91. The lowest BCUT2D eigenvalue weighted by molar-refractivity contribution is -0.0766. The van der Waals surface area contributed by atoms with Gasteiger partial charge in [0.1, 0.15) is 5.82 Å². The number of anilines is 1. The van der Waals surface area contributed by atoms with E-state index in [9.17, 15) is 4.79 Å². The number of rotatable bonds is 2. The standard InChI is InChI=1S/C19H20N2O3/c22-18(23)16-6-3-7-17(20-16)21-11-9-19(10-12-21)15-5-2-1-4-14(15)8-13-24-19/h1-7H,8-13H2,(H,22,23). The van der Waals surface area contributed by atoms with E-state index < -0.39 is 5.97 Å². The number of nitrogens with zero attached hydrogens (tertiary/aromatic N) is 2. The molecule has 1 saturated heterocycles. The Morgan fingerprint density at radius 1 is 1.12 bits per heavy atom. The van der Waals surface area contributed by atoms with Crippen LogP contribution in [-0.2, 0) is 16.8 Å². The van der Waals surface area contributed by atoms with Gasteiger partial charge in [-0.1, -0.05) is 30.3 Å². The zero-order valence-corrected chi connectivity index (χ0v) is 13.4. The quantitative estimate of drug-likeness (QED) is 0.920. The first-order valence-corrected chi connectivity index (χ1v) is 8.36. The summed E-state index contributed by atoms with van der Waals surface area (Å²) in [6, 6.07) is 13.7. The first-order chi connectivity index (χ1) is 11.7. The highest BCUT2D eigenvalue weighted by atomic mass is 16.5. The zero-order valence-electron chi connectivity index (χ0n) is 13.4. The van der Waals surface area contributed by atoms with Crippen LogP contribution in [0.2, 0.25) is 0 Å². The molecule has 0 atom stereocenters. The number of fused-ring (bicyclic) bond motifs is 2. The fraction of sp³-hybridized carbons (Fsp3) is 0.368. The summed E-state index contributed by atoms with van der Waals surface area (Å²) in [7, 11) is 0. The van der Waals surface area contributed by atoms with Crippen molar-refractivity contribution in [3.8, 4) is 0 Å². The van der Waals surface area contributed by atoms with Crippen LogP contribution >= 0.6 is 0 Å². The van der Waals surface area contributed by atoms with Crippen LogP contribution in [0.25, 0.3) is 0 Å². The van der Waals surface area contributed by atoms with E-state index in [-0.39, 0.29) is 11.3 Å². The van der Waals surface area contributed by atoms with Gasteiger partial charge in [0.25, 0.3) is 0 Å². The molecule has 1 N–H and O–H groups in total. The average molecular weight is 324 g/mol. The molecule has 124 valence electrons. The minimum absolute atomic E-state index is 0.0899. The zero-order chi connectivity index (χ0) is 16.6. The van der Waals surface area contributed by atoms with Gasteiger partial charge in [-0.15, -0.1) is 0 Å². The van der Waals surface area contributed by atoms with Gasteiger partial charge in [0.15, 0.2) is 5.69 Å². The maximum Gasteiger partial charge on any atom is 0.354 e. The van der Waals surface area contributed by atoms with Crippen molar-refractivity contribution < 1.29 is 14.6 Å². The van der Waals surface area contributed by atoms with Crippen LogP contribution in [-0.4, -0.2) is 35.8 Å². The molecular weight excluding hydrogens is 304 g/mol. The number of carboxylic acid groups (broad SMARTS) is 1. The van der Waals surface area contributed by atoms with Crippen molar-refractivity contribution in [2.45, 2.75) is 24.9 Å². The largest absolute Gasteiger partial charge is 0.477 e. The summed E-state index contributed by atoms with van der Waals surface area (Å²) in [6.07, 6.45) is 2.76. The Hall–Kier alpha value is -2.40. The molecule has 5 heteroatoms. The number of benzene rings is 1. The summed E-state index contributed by atoms with van der Waals surface area (Å²) < 4.78 is 6.24. The number of ether oxygens (including phenoxy) is 1. The van der Waals surface area contributed by atoms with Gasteiger partial charge in [0, 0.05) is 13.1 Å². The van der Waals surface area contributed by atoms with E-state index in [1.807, 2.05) is 6.07 Å². The fourth-order valence-corrected chi connectivity index (χ4v) is 3.85. The molecule has 1 aromatic heterocycles. The summed E-state index contributed by atoms with van der Waals surface area (Å²) in [4.78, 5) is 17.5. The van der Waals surface area contributed by atoms with Crippen molar-refractivity contribution in [1.29, 1.82) is 0 Å². The van der Waals surface area contributed by atoms with E-state index in [4.69, 9.17) is 9.84 Å². The normalized spacial score (nSPS) is 19.1. The van der Waals surface area contributed by atoms with Crippen molar-refractivity contribution in [1.82, 2.24) is 4.98 Å². The Bertz CT molecular complexity index is 767. The van der Waals surface area contributed by atoms with Crippen LogP contribution in [0.15, 0.2) is 42.5 Å². The third kappa shape index (κ3) is 2.55. The summed E-state index contributed by atoms with van der Waals surface area (Å²) in [6.45, 7) is 2.39. The SMILES string of the molecule is O=C(O)c1cccc(N2CCC3(CC2)OCCc2ccccc23)n1. The monoisotopic (exact) mass is 324 g/mol. The molecule has 3 heterocycles. The van der Waals surface area contributed by atoms with Gasteiger partial charge in [-0.05, 0) is 42.5 Å². The molecule has 1 aromatic carbocycles. The predicted molar refractivity (Wildman–Crippen MR) is 90.4 cm³/mol. The lowest BCUT2D eigenvalue weighted by Gasteiger charge is -2.45. The molecule has 0 unspecified atom stereocenters. The number of hydrogen-bond donors (Lipinski definition) is 1. The van der Waals surface area contributed by atoms with Crippen LogP contribution in [0.3, 0.4) is 0 Å². The summed E-state index contributed by atoms with van der Waals surface area (Å²) in [5, 5.41) is 9.11. The van der Waals surface area contributed by atoms with E-state index in [0.717, 1.165) is 44.8 Å². The molecular formula is C19H20N2O3. The molecule has 2 aliphatic rings. The van der Waals surface area contributed by atoms with E-state index >= 15 is 0 Å². The summed E-state index contributed by atoms with van der Waals surface area (Å²) in [5.74, 6) is -0.260. The lowest BCUT2D eigenvalue weighted by atomic mass is 9.79. The first kappa shape index (κ1) is 15.1. The number of hydrogen-bond acceptors (Lipinski definition) is 4. The number of carboxylic acids is 1. The number of piperidine rings is 1. The molecule has 0 bridgehead atoms. The van der Waals surface area contributed by atoms with Gasteiger partial charge in [0.05, 0.1) is 12.2 Å². The van der Waals surface area contributed by atoms with E-state index in [1.165, 1.54) is 17.2 Å². The Kier molecular flexibility index (Phi) is 3.73. The highest BCUT2D eigenvalue weighted by Crippen LogP contribution is 2.41. The molecule has 0 aliphatic carbocycles. The second-order valence-electron chi connectivity index (χ2n) is 6.42. The van der Waals surface area contributed by atoms with Gasteiger partial charge in [-0.3, -0.25) is 0 Å². The summed E-state index contributed by atoms with van der Waals surface area (Å²) in [5.41, 5.74) is 2.61. The number of carbonyl (C=O) groups is 1. The van der Waals surface area contributed by atoms with Crippen LogP contribution in [0.1, 0.15) is 34.5 Å². The Morgan fingerprint density at radius 3 is 2.71 bits per heavy atom. The molecule has 4 rings (SSSR count). The van der Waals surface area contributed by atoms with Gasteiger partial charge < -0.3 is 14.7 Å². The first-order valence-electron chi connectivity index (χ1n) is 8.36. The maximum absolute atomic E-state index is 11.1. The third-order valence-corrected chi connectivity index (χ3v) is 5.11. The molecule has 5 nitrogen and oxygen atoms in total. The van der Waals surface area contributed by atoms with Gasteiger partial charge >= 0.3 is 5.97 Å². The molecule has 1 fully saturated rings. The van der Waals surface area contributed by atoms with Crippen LogP contribution in [0.5, 0.6) is 0 Å². The van der Waals surface area contributed by atoms with Crippen LogP contribution in [0, 0.1) is 0 Å². The van der Waals surface area contributed by atoms with Crippen LogP contribution < -0.4 is 4.90 Å². The Labute approximate surface area is 140 Å². The molecule has 0 radical (unpaired) electrons. The number of aromatic carboxylic acids is 1. The van der Waals surface area contributed by atoms with Crippen molar-refractivity contribution in [3.05, 3.63) is 59.3 Å². The number of pyridine rings is 1. The molecule has 0 saturated carbocycles. The highest BCUT2D eigenvalue weighted by Gasteiger charge is 2.40. The number of aromatic nitrogens is 1. The Morgan fingerprint density at radius 2 is 1.92 bits per heavy atom. The Balaban J connectivity index is 1.56. The second-order valence-corrected chi connectivity index (χ2v) is 6.42. The fourth-order valence-electron chi connectivity index (χ4n) is 3.85. The van der Waals surface area contributed by atoms with Gasteiger partial charge in [0.2, 0.25) is 0 Å². The van der Waals surface area contributed by atoms with Gasteiger partial charge in [-0.2, -0.15) is 0 Å². The smallest absolute Gasteiger partial charge is 0.354 e. The van der Waals surface area contributed by atoms with Crippen molar-refractivity contribution in [2.24, 2.45) is 0 Å². The molecule has 0 amide bonds. The minimum atomic E-state index is -0.991. The maximum atomic E-state index is 11.1. The van der Waals surface area contributed by atoms with E-state index in [2.05, 4.69) is 34.1 Å². The van der Waals surface area contributed by atoms with Gasteiger partial charge in [-0.25, -0.2) is 9.78 Å². The third-order valence-electron chi connectivity index (χ3n) is 5.11. The molecule has 24 heavy (non-hydrogen) atoms. The molecule has 2 aromatic rings. The van der Waals surface area contributed by atoms with Crippen molar-refractivity contribution >= 4 is 11.8 Å². The average Bonchev–Trinajstić information content (AvgIpc) is 2.63. The van der Waals surface area contributed by atoms with Crippen molar-refractivity contribution in [2.75, 3.05) is 24.6 Å². The highest BCUT2D eigenvalue weighted by molar-refractivity contribution is 5.85. The topological polar surface area (TPSA) is 62.7 Å². The molecule has 2 aliphatic heterocycles. The van der Waals surface area contributed by atoms with Crippen LogP contribution in [0.4, 0.5) is 5.82 Å². The van der Waals surface area contributed by atoms with Crippen molar-refractivity contribution in [3.63, 3.8) is 0 Å².